The van der Waals surface area contributed by atoms with Gasteiger partial charge in [0.2, 0.25) is 0 Å². The standard InChI is InChI=1S/C10H24N2/c1-6-10(12(5)8-3)9-11(4)7-2/h10H,6-9H2,1-5H3. The molecule has 0 aromatic rings. The van der Waals surface area contributed by atoms with Crippen LogP contribution in [0.2, 0.25) is 0 Å². The molecule has 0 aliphatic heterocycles. The molecule has 1 unspecified atom stereocenters. The predicted octanol–water partition coefficient (Wildman–Crippen LogP) is 1.67. The fourth-order valence-electron chi connectivity index (χ4n) is 1.33. The Morgan fingerprint density at radius 3 is 1.92 bits per heavy atom. The van der Waals surface area contributed by atoms with Crippen molar-refractivity contribution in [3.8, 4) is 0 Å². The molecule has 2 nitrogen and oxygen atoms in total. The molecule has 0 heterocycles. The van der Waals surface area contributed by atoms with Crippen LogP contribution in [-0.2, 0) is 0 Å². The Morgan fingerprint density at radius 1 is 1.00 bits per heavy atom. The molecule has 0 aromatic heterocycles. The summed E-state index contributed by atoms with van der Waals surface area (Å²) in [6, 6.07) is 0.722. The van der Waals surface area contributed by atoms with Gasteiger partial charge < -0.3 is 9.80 Å². The van der Waals surface area contributed by atoms with E-state index in [9.17, 15) is 0 Å². The van der Waals surface area contributed by atoms with Gasteiger partial charge in [0, 0.05) is 12.6 Å². The second kappa shape index (κ2) is 6.44. The van der Waals surface area contributed by atoms with E-state index in [0.29, 0.717) is 0 Å². The van der Waals surface area contributed by atoms with Crippen molar-refractivity contribution in [2.24, 2.45) is 0 Å². The molecule has 0 saturated heterocycles. The first-order chi connectivity index (χ1) is 5.65. The molecule has 0 bridgehead atoms. The van der Waals surface area contributed by atoms with Gasteiger partial charge in [0.1, 0.15) is 0 Å². The van der Waals surface area contributed by atoms with Gasteiger partial charge in [-0.2, -0.15) is 0 Å². The summed E-state index contributed by atoms with van der Waals surface area (Å²) in [6.45, 7) is 10.2. The van der Waals surface area contributed by atoms with Gasteiger partial charge in [-0.15, -0.1) is 0 Å². The van der Waals surface area contributed by atoms with E-state index < -0.39 is 0 Å². The van der Waals surface area contributed by atoms with Crippen LogP contribution in [-0.4, -0.2) is 49.6 Å². The Kier molecular flexibility index (Phi) is 6.39. The Hall–Kier alpha value is -0.0800. The normalized spacial score (nSPS) is 14.2. The molecule has 74 valence electrons. The summed E-state index contributed by atoms with van der Waals surface area (Å²) < 4.78 is 0. The van der Waals surface area contributed by atoms with E-state index in [0.717, 1.165) is 19.1 Å². The average Bonchev–Trinajstić information content (AvgIpc) is 2.12. The van der Waals surface area contributed by atoms with E-state index in [1.807, 2.05) is 0 Å². The van der Waals surface area contributed by atoms with Crippen molar-refractivity contribution in [1.82, 2.24) is 9.80 Å². The van der Waals surface area contributed by atoms with Crippen LogP contribution in [0.4, 0.5) is 0 Å². The molecule has 0 radical (unpaired) electrons. The van der Waals surface area contributed by atoms with Crippen LogP contribution in [0.1, 0.15) is 27.2 Å². The molecular weight excluding hydrogens is 148 g/mol. The Bertz CT molecular complexity index is 104. The van der Waals surface area contributed by atoms with Gasteiger partial charge in [-0.05, 0) is 33.6 Å². The van der Waals surface area contributed by atoms with E-state index in [-0.39, 0.29) is 0 Å². The molecule has 0 aliphatic rings. The van der Waals surface area contributed by atoms with Crippen molar-refractivity contribution in [3.05, 3.63) is 0 Å². The molecule has 0 aromatic carbocycles. The minimum atomic E-state index is 0.722. The average molecular weight is 172 g/mol. The second-order valence-electron chi connectivity index (χ2n) is 3.49. The van der Waals surface area contributed by atoms with E-state index in [4.69, 9.17) is 0 Å². The maximum absolute atomic E-state index is 2.42. The van der Waals surface area contributed by atoms with Gasteiger partial charge in [-0.1, -0.05) is 20.8 Å². The smallest absolute Gasteiger partial charge is 0.0217 e. The van der Waals surface area contributed by atoms with E-state index in [1.165, 1.54) is 13.0 Å². The lowest BCUT2D eigenvalue weighted by molar-refractivity contribution is 0.186. The number of rotatable bonds is 6. The first kappa shape index (κ1) is 11.9. The summed E-state index contributed by atoms with van der Waals surface area (Å²) in [6.07, 6.45) is 1.24. The molecular formula is C10H24N2. The van der Waals surface area contributed by atoms with Gasteiger partial charge in [-0.25, -0.2) is 0 Å². The van der Waals surface area contributed by atoms with Gasteiger partial charge in [-0.3, -0.25) is 0 Å². The first-order valence-electron chi connectivity index (χ1n) is 5.04. The topological polar surface area (TPSA) is 6.48 Å². The van der Waals surface area contributed by atoms with Crippen LogP contribution < -0.4 is 0 Å². The Balaban J connectivity index is 3.81. The highest BCUT2D eigenvalue weighted by Crippen LogP contribution is 2.02. The van der Waals surface area contributed by atoms with Crippen molar-refractivity contribution >= 4 is 0 Å². The molecule has 1 atom stereocenters. The van der Waals surface area contributed by atoms with Crippen LogP contribution >= 0.6 is 0 Å². The fraction of sp³-hybridized carbons (Fsp3) is 1.00. The van der Waals surface area contributed by atoms with Crippen LogP contribution in [0.5, 0.6) is 0 Å². The molecule has 0 aliphatic carbocycles. The summed E-state index contributed by atoms with van der Waals surface area (Å²) >= 11 is 0. The fourth-order valence-corrected chi connectivity index (χ4v) is 1.33. The zero-order valence-electron chi connectivity index (χ0n) is 9.30. The van der Waals surface area contributed by atoms with Crippen LogP contribution in [0.15, 0.2) is 0 Å². The van der Waals surface area contributed by atoms with E-state index >= 15 is 0 Å². The highest BCUT2D eigenvalue weighted by atomic mass is 15.2. The van der Waals surface area contributed by atoms with Crippen molar-refractivity contribution in [3.63, 3.8) is 0 Å². The van der Waals surface area contributed by atoms with Crippen molar-refractivity contribution in [1.29, 1.82) is 0 Å². The van der Waals surface area contributed by atoms with Gasteiger partial charge in [0.05, 0.1) is 0 Å². The van der Waals surface area contributed by atoms with Crippen molar-refractivity contribution in [2.75, 3.05) is 33.7 Å². The minimum absolute atomic E-state index is 0.722. The van der Waals surface area contributed by atoms with Gasteiger partial charge in [0.25, 0.3) is 0 Å². The maximum atomic E-state index is 2.42. The number of hydrogen-bond donors (Lipinski definition) is 0. The zero-order chi connectivity index (χ0) is 9.56. The largest absolute Gasteiger partial charge is 0.305 e. The first-order valence-corrected chi connectivity index (χ1v) is 5.04. The quantitative estimate of drug-likeness (QED) is 0.601. The maximum Gasteiger partial charge on any atom is 0.0217 e. The molecule has 2 heteroatoms. The molecule has 0 N–H and O–H groups in total. The Labute approximate surface area is 77.5 Å². The predicted molar refractivity (Wildman–Crippen MR) is 55.6 cm³/mol. The summed E-state index contributed by atoms with van der Waals surface area (Å²) in [4.78, 5) is 4.80. The highest BCUT2D eigenvalue weighted by molar-refractivity contribution is 4.69. The van der Waals surface area contributed by atoms with E-state index in [2.05, 4.69) is 44.7 Å². The van der Waals surface area contributed by atoms with E-state index in [1.54, 1.807) is 0 Å². The zero-order valence-corrected chi connectivity index (χ0v) is 9.30. The minimum Gasteiger partial charge on any atom is -0.305 e. The molecule has 0 saturated carbocycles. The number of hydrogen-bond acceptors (Lipinski definition) is 2. The van der Waals surface area contributed by atoms with Crippen LogP contribution in [0.3, 0.4) is 0 Å². The number of likely N-dealkylation sites (N-methyl/N-ethyl adjacent to an activating group) is 2. The van der Waals surface area contributed by atoms with Crippen molar-refractivity contribution < 1.29 is 0 Å². The molecule has 0 rings (SSSR count). The van der Waals surface area contributed by atoms with Crippen LogP contribution in [0.25, 0.3) is 0 Å². The highest BCUT2D eigenvalue weighted by Gasteiger charge is 2.11. The number of nitrogens with zero attached hydrogens (tertiary/aromatic N) is 2. The lowest BCUT2D eigenvalue weighted by Crippen LogP contribution is -2.40. The third-order valence-corrected chi connectivity index (χ3v) is 2.66. The van der Waals surface area contributed by atoms with Gasteiger partial charge >= 0.3 is 0 Å². The summed E-state index contributed by atoms with van der Waals surface area (Å²) in [5, 5.41) is 0. The molecule has 0 spiro atoms. The molecule has 0 amide bonds. The van der Waals surface area contributed by atoms with Crippen molar-refractivity contribution in [2.45, 2.75) is 33.2 Å². The summed E-state index contributed by atoms with van der Waals surface area (Å²) in [5.41, 5.74) is 0. The van der Waals surface area contributed by atoms with Crippen LogP contribution in [0, 0.1) is 0 Å². The SMILES string of the molecule is CCC(CN(C)CC)N(C)CC. The third-order valence-electron chi connectivity index (χ3n) is 2.66. The Morgan fingerprint density at radius 2 is 1.58 bits per heavy atom. The monoisotopic (exact) mass is 172 g/mol. The lowest BCUT2D eigenvalue weighted by Gasteiger charge is -2.29. The summed E-state index contributed by atoms with van der Waals surface area (Å²) in [7, 11) is 4.39. The molecule has 0 fully saturated rings. The lowest BCUT2D eigenvalue weighted by atomic mass is 10.2. The molecule has 12 heavy (non-hydrogen) atoms. The van der Waals surface area contributed by atoms with Gasteiger partial charge in [0.15, 0.2) is 0 Å². The second-order valence-corrected chi connectivity index (χ2v) is 3.49. The summed E-state index contributed by atoms with van der Waals surface area (Å²) in [5.74, 6) is 0. The third kappa shape index (κ3) is 4.07.